The summed E-state index contributed by atoms with van der Waals surface area (Å²) in [6.07, 6.45) is 3.00. The van der Waals surface area contributed by atoms with Gasteiger partial charge in [-0.2, -0.15) is 0 Å². The van der Waals surface area contributed by atoms with Gasteiger partial charge in [-0.05, 0) is 5.92 Å². The van der Waals surface area contributed by atoms with Crippen molar-refractivity contribution in [3.8, 4) is 0 Å². The number of aromatic nitrogens is 2. The highest BCUT2D eigenvalue weighted by atomic mass is 16.1. The third kappa shape index (κ3) is 2.38. The summed E-state index contributed by atoms with van der Waals surface area (Å²) in [6, 6.07) is 0. The van der Waals surface area contributed by atoms with Crippen molar-refractivity contribution in [2.24, 2.45) is 5.92 Å². The van der Waals surface area contributed by atoms with E-state index in [-0.39, 0.29) is 5.91 Å². The van der Waals surface area contributed by atoms with Crippen LogP contribution in [0.5, 0.6) is 0 Å². The first-order valence-corrected chi connectivity index (χ1v) is 3.96. The van der Waals surface area contributed by atoms with E-state index in [0.717, 1.165) is 0 Å². The predicted octanol–water partition coefficient (Wildman–Crippen LogP) is 0.795. The SMILES string of the molecule is CC(C)CNC(=O)c1cnc[nH]1. The second kappa shape index (κ2) is 3.90. The third-order valence-corrected chi connectivity index (χ3v) is 1.41. The summed E-state index contributed by atoms with van der Waals surface area (Å²) in [5, 5.41) is 2.77. The highest BCUT2D eigenvalue weighted by Gasteiger charge is 2.05. The minimum absolute atomic E-state index is 0.0961. The first kappa shape index (κ1) is 8.77. The molecule has 0 aliphatic heterocycles. The van der Waals surface area contributed by atoms with Gasteiger partial charge in [-0.3, -0.25) is 4.79 Å². The number of carbonyl (C=O) groups excluding carboxylic acids is 1. The van der Waals surface area contributed by atoms with Crippen molar-refractivity contribution >= 4 is 5.91 Å². The normalized spacial score (nSPS) is 10.2. The van der Waals surface area contributed by atoms with E-state index < -0.39 is 0 Å². The van der Waals surface area contributed by atoms with E-state index in [4.69, 9.17) is 0 Å². The zero-order valence-electron chi connectivity index (χ0n) is 7.29. The number of H-pyrrole nitrogens is 1. The van der Waals surface area contributed by atoms with Gasteiger partial charge in [0.05, 0.1) is 12.5 Å². The van der Waals surface area contributed by atoms with Crippen LogP contribution in [-0.4, -0.2) is 22.4 Å². The molecule has 1 amide bonds. The molecule has 4 nitrogen and oxygen atoms in total. The number of aromatic amines is 1. The molecular weight excluding hydrogens is 154 g/mol. The molecule has 1 heterocycles. The fourth-order valence-corrected chi connectivity index (χ4v) is 0.772. The summed E-state index contributed by atoms with van der Waals surface area (Å²) in [5.74, 6) is 0.373. The van der Waals surface area contributed by atoms with E-state index in [0.29, 0.717) is 18.2 Å². The van der Waals surface area contributed by atoms with Crippen LogP contribution in [0.4, 0.5) is 0 Å². The number of carbonyl (C=O) groups is 1. The van der Waals surface area contributed by atoms with Crippen molar-refractivity contribution in [2.45, 2.75) is 13.8 Å². The van der Waals surface area contributed by atoms with Crippen molar-refractivity contribution in [3.05, 3.63) is 18.2 Å². The third-order valence-electron chi connectivity index (χ3n) is 1.41. The molecule has 0 aromatic carbocycles. The Balaban J connectivity index is 2.40. The van der Waals surface area contributed by atoms with Gasteiger partial charge in [0.1, 0.15) is 5.69 Å². The van der Waals surface area contributed by atoms with Crippen LogP contribution < -0.4 is 5.32 Å². The molecule has 0 unspecified atom stereocenters. The molecule has 2 N–H and O–H groups in total. The number of amides is 1. The molecule has 12 heavy (non-hydrogen) atoms. The largest absolute Gasteiger partial charge is 0.350 e. The van der Waals surface area contributed by atoms with Crippen molar-refractivity contribution in [3.63, 3.8) is 0 Å². The van der Waals surface area contributed by atoms with Crippen LogP contribution in [0.1, 0.15) is 24.3 Å². The van der Waals surface area contributed by atoms with Gasteiger partial charge in [-0.15, -0.1) is 0 Å². The summed E-state index contributed by atoms with van der Waals surface area (Å²) in [7, 11) is 0. The molecule has 0 saturated carbocycles. The lowest BCUT2D eigenvalue weighted by Gasteiger charge is -2.05. The Morgan fingerprint density at radius 1 is 1.75 bits per heavy atom. The Morgan fingerprint density at radius 3 is 3.00 bits per heavy atom. The molecule has 0 atom stereocenters. The van der Waals surface area contributed by atoms with E-state index in [1.165, 1.54) is 12.5 Å². The molecule has 4 heteroatoms. The van der Waals surface area contributed by atoms with Crippen LogP contribution in [0.15, 0.2) is 12.5 Å². The van der Waals surface area contributed by atoms with E-state index in [1.807, 2.05) is 13.8 Å². The second-order valence-corrected chi connectivity index (χ2v) is 3.07. The fraction of sp³-hybridized carbons (Fsp3) is 0.500. The average molecular weight is 167 g/mol. The van der Waals surface area contributed by atoms with Gasteiger partial charge in [0.25, 0.3) is 5.91 Å². The zero-order valence-corrected chi connectivity index (χ0v) is 7.29. The number of nitrogens with zero attached hydrogens (tertiary/aromatic N) is 1. The van der Waals surface area contributed by atoms with Gasteiger partial charge in [0.15, 0.2) is 0 Å². The smallest absolute Gasteiger partial charge is 0.269 e. The fourth-order valence-electron chi connectivity index (χ4n) is 0.772. The molecule has 0 saturated heterocycles. The molecule has 1 aromatic heterocycles. The molecule has 0 radical (unpaired) electrons. The van der Waals surface area contributed by atoms with Crippen LogP contribution in [0.3, 0.4) is 0 Å². The molecule has 0 bridgehead atoms. The Labute approximate surface area is 71.4 Å². The number of hydrogen-bond acceptors (Lipinski definition) is 2. The number of hydrogen-bond donors (Lipinski definition) is 2. The highest BCUT2D eigenvalue weighted by molar-refractivity contribution is 5.91. The van der Waals surface area contributed by atoms with E-state index in [1.54, 1.807) is 0 Å². The zero-order chi connectivity index (χ0) is 8.97. The summed E-state index contributed by atoms with van der Waals surface area (Å²) in [4.78, 5) is 17.7. The van der Waals surface area contributed by atoms with Gasteiger partial charge in [-0.25, -0.2) is 4.98 Å². The molecule has 66 valence electrons. The topological polar surface area (TPSA) is 57.8 Å². The van der Waals surface area contributed by atoms with Crippen LogP contribution >= 0.6 is 0 Å². The summed E-state index contributed by atoms with van der Waals surface area (Å²) >= 11 is 0. The van der Waals surface area contributed by atoms with Crippen molar-refractivity contribution in [1.82, 2.24) is 15.3 Å². The lowest BCUT2D eigenvalue weighted by molar-refractivity contribution is 0.0944. The molecule has 0 aliphatic carbocycles. The second-order valence-electron chi connectivity index (χ2n) is 3.07. The molecule has 1 aromatic rings. The Kier molecular flexibility index (Phi) is 2.85. The Bertz CT molecular complexity index is 241. The van der Waals surface area contributed by atoms with E-state index in [9.17, 15) is 4.79 Å². The standard InChI is InChI=1S/C8H13N3O/c1-6(2)3-10-8(12)7-4-9-5-11-7/h4-6H,3H2,1-2H3,(H,9,11)(H,10,12). The summed E-state index contributed by atoms with van der Waals surface area (Å²) in [6.45, 7) is 4.79. The minimum atomic E-state index is -0.0961. The summed E-state index contributed by atoms with van der Waals surface area (Å²) < 4.78 is 0. The quantitative estimate of drug-likeness (QED) is 0.699. The van der Waals surface area contributed by atoms with Crippen molar-refractivity contribution in [2.75, 3.05) is 6.54 Å². The number of nitrogens with one attached hydrogen (secondary N) is 2. The average Bonchev–Trinajstić information content (AvgIpc) is 2.51. The van der Waals surface area contributed by atoms with Crippen LogP contribution in [-0.2, 0) is 0 Å². The maximum Gasteiger partial charge on any atom is 0.269 e. The summed E-state index contributed by atoms with van der Waals surface area (Å²) in [5.41, 5.74) is 0.510. The highest BCUT2D eigenvalue weighted by Crippen LogP contribution is 1.92. The van der Waals surface area contributed by atoms with Gasteiger partial charge < -0.3 is 10.3 Å². The van der Waals surface area contributed by atoms with Crippen LogP contribution in [0.25, 0.3) is 0 Å². The Morgan fingerprint density at radius 2 is 2.50 bits per heavy atom. The minimum Gasteiger partial charge on any atom is -0.350 e. The number of imidazole rings is 1. The van der Waals surface area contributed by atoms with E-state index >= 15 is 0 Å². The first-order chi connectivity index (χ1) is 5.70. The lowest BCUT2D eigenvalue weighted by Crippen LogP contribution is -2.27. The van der Waals surface area contributed by atoms with Gasteiger partial charge >= 0.3 is 0 Å². The molecule has 0 fully saturated rings. The van der Waals surface area contributed by atoms with Gasteiger partial charge in [0.2, 0.25) is 0 Å². The van der Waals surface area contributed by atoms with Crippen LogP contribution in [0.2, 0.25) is 0 Å². The van der Waals surface area contributed by atoms with Crippen LogP contribution in [0, 0.1) is 5.92 Å². The molecule has 1 rings (SSSR count). The van der Waals surface area contributed by atoms with Gasteiger partial charge in [-0.1, -0.05) is 13.8 Å². The molecular formula is C8H13N3O. The van der Waals surface area contributed by atoms with Crippen molar-refractivity contribution in [1.29, 1.82) is 0 Å². The van der Waals surface area contributed by atoms with Crippen molar-refractivity contribution < 1.29 is 4.79 Å². The monoisotopic (exact) mass is 167 g/mol. The molecule has 0 aliphatic rings. The maximum atomic E-state index is 11.2. The maximum absolute atomic E-state index is 11.2. The lowest BCUT2D eigenvalue weighted by atomic mass is 10.2. The predicted molar refractivity (Wildman–Crippen MR) is 45.8 cm³/mol. The number of rotatable bonds is 3. The van der Waals surface area contributed by atoms with E-state index in [2.05, 4.69) is 15.3 Å². The Hall–Kier alpha value is -1.32. The first-order valence-electron chi connectivity index (χ1n) is 3.96. The van der Waals surface area contributed by atoms with Gasteiger partial charge in [0, 0.05) is 6.54 Å². The molecule has 0 spiro atoms.